The molecule has 0 aromatic heterocycles. The molecular formula is C14H19NO3. The van der Waals surface area contributed by atoms with E-state index >= 15 is 0 Å². The quantitative estimate of drug-likeness (QED) is 0.835. The van der Waals surface area contributed by atoms with Crippen LogP contribution in [0.3, 0.4) is 0 Å². The molecule has 0 radical (unpaired) electrons. The van der Waals surface area contributed by atoms with Gasteiger partial charge in [-0.3, -0.25) is 4.79 Å². The fraction of sp³-hybridized carbons (Fsp3) is 0.500. The average molecular weight is 249 g/mol. The molecule has 1 saturated heterocycles. The first kappa shape index (κ1) is 12.9. The van der Waals surface area contributed by atoms with E-state index in [4.69, 9.17) is 9.47 Å². The van der Waals surface area contributed by atoms with Gasteiger partial charge >= 0.3 is 0 Å². The number of hydrogen-bond acceptors (Lipinski definition) is 4. The fourth-order valence-electron chi connectivity index (χ4n) is 2.09. The van der Waals surface area contributed by atoms with Gasteiger partial charge in [-0.05, 0) is 31.5 Å². The Morgan fingerprint density at radius 2 is 2.28 bits per heavy atom. The summed E-state index contributed by atoms with van der Waals surface area (Å²) in [6, 6.07) is 7.45. The molecule has 1 N–H and O–H groups in total. The molecule has 0 saturated carbocycles. The first-order chi connectivity index (χ1) is 8.79. The number of hydrogen-bond donors (Lipinski definition) is 1. The lowest BCUT2D eigenvalue weighted by molar-refractivity contribution is -0.121. The van der Waals surface area contributed by atoms with Crippen molar-refractivity contribution in [2.75, 3.05) is 20.3 Å². The third-order valence-corrected chi connectivity index (χ3v) is 3.11. The zero-order valence-corrected chi connectivity index (χ0v) is 10.6. The number of carbonyl (C=O) groups is 1. The molecule has 2 rings (SSSR count). The maximum atomic E-state index is 11.8. The minimum absolute atomic E-state index is 0.0407. The summed E-state index contributed by atoms with van der Waals surface area (Å²) in [5.41, 5.74) is 0. The van der Waals surface area contributed by atoms with Crippen molar-refractivity contribution >= 4 is 5.78 Å². The molecule has 1 unspecified atom stereocenters. The molecule has 4 nitrogen and oxygen atoms in total. The summed E-state index contributed by atoms with van der Waals surface area (Å²) in [6.45, 7) is 1.37. The van der Waals surface area contributed by atoms with Gasteiger partial charge in [-0.15, -0.1) is 0 Å². The van der Waals surface area contributed by atoms with Crippen molar-refractivity contribution in [3.05, 3.63) is 24.3 Å². The van der Waals surface area contributed by atoms with Crippen LogP contribution in [0.15, 0.2) is 24.3 Å². The number of methoxy groups -OCH3 is 1. The number of Topliss-reactive ketones (excluding diaryl/α,β-unsaturated/α-hetero) is 1. The molecule has 1 aliphatic rings. The van der Waals surface area contributed by atoms with Crippen molar-refractivity contribution in [1.29, 1.82) is 0 Å². The van der Waals surface area contributed by atoms with Crippen molar-refractivity contribution in [3.63, 3.8) is 0 Å². The van der Waals surface area contributed by atoms with Gasteiger partial charge in [0.1, 0.15) is 11.5 Å². The highest BCUT2D eigenvalue weighted by Gasteiger charge is 2.21. The molecule has 1 heterocycles. The smallest absolute Gasteiger partial charge is 0.153 e. The second kappa shape index (κ2) is 6.40. The summed E-state index contributed by atoms with van der Waals surface area (Å²) in [4.78, 5) is 11.8. The molecule has 0 amide bonds. The molecule has 0 bridgehead atoms. The molecule has 1 aliphatic heterocycles. The Hall–Kier alpha value is -1.55. The molecule has 0 aliphatic carbocycles. The van der Waals surface area contributed by atoms with Gasteiger partial charge in [0.25, 0.3) is 0 Å². The summed E-state index contributed by atoms with van der Waals surface area (Å²) in [6.07, 6.45) is 2.50. The first-order valence-electron chi connectivity index (χ1n) is 6.32. The fourth-order valence-corrected chi connectivity index (χ4v) is 2.09. The average Bonchev–Trinajstić information content (AvgIpc) is 2.93. The summed E-state index contributed by atoms with van der Waals surface area (Å²) < 4.78 is 10.7. The van der Waals surface area contributed by atoms with E-state index in [1.165, 1.54) is 0 Å². The Morgan fingerprint density at radius 3 is 3.00 bits per heavy atom. The maximum Gasteiger partial charge on any atom is 0.153 e. The number of nitrogens with one attached hydrogen (secondary N) is 1. The van der Waals surface area contributed by atoms with E-state index in [0.717, 1.165) is 30.9 Å². The highest BCUT2D eigenvalue weighted by Crippen LogP contribution is 2.19. The van der Waals surface area contributed by atoms with Crippen LogP contribution in [0.5, 0.6) is 11.5 Å². The van der Waals surface area contributed by atoms with E-state index in [1.54, 1.807) is 7.11 Å². The highest BCUT2D eigenvalue weighted by molar-refractivity contribution is 5.84. The molecular weight excluding hydrogens is 230 g/mol. The van der Waals surface area contributed by atoms with Crippen molar-refractivity contribution in [2.45, 2.75) is 25.3 Å². The Kier molecular flexibility index (Phi) is 4.59. The van der Waals surface area contributed by atoms with Gasteiger partial charge in [0.15, 0.2) is 5.78 Å². The third kappa shape index (κ3) is 3.47. The van der Waals surface area contributed by atoms with Gasteiger partial charge in [-0.2, -0.15) is 0 Å². The van der Waals surface area contributed by atoms with E-state index in [2.05, 4.69) is 5.32 Å². The Labute approximate surface area is 107 Å². The monoisotopic (exact) mass is 249 g/mol. The molecule has 0 spiro atoms. The molecule has 1 fully saturated rings. The van der Waals surface area contributed by atoms with Crippen LogP contribution >= 0.6 is 0 Å². The predicted molar refractivity (Wildman–Crippen MR) is 69.1 cm³/mol. The van der Waals surface area contributed by atoms with Crippen LogP contribution < -0.4 is 14.8 Å². The maximum absolute atomic E-state index is 11.8. The van der Waals surface area contributed by atoms with Gasteiger partial charge < -0.3 is 14.8 Å². The van der Waals surface area contributed by atoms with E-state index in [9.17, 15) is 4.79 Å². The lowest BCUT2D eigenvalue weighted by Gasteiger charge is -2.10. The molecule has 98 valence electrons. The lowest BCUT2D eigenvalue weighted by atomic mass is 10.1. The van der Waals surface area contributed by atoms with Gasteiger partial charge in [0.2, 0.25) is 0 Å². The van der Waals surface area contributed by atoms with Crippen molar-refractivity contribution < 1.29 is 14.3 Å². The molecule has 1 aromatic carbocycles. The van der Waals surface area contributed by atoms with E-state index in [-0.39, 0.29) is 11.8 Å². The zero-order valence-electron chi connectivity index (χ0n) is 10.6. The first-order valence-corrected chi connectivity index (χ1v) is 6.32. The minimum Gasteiger partial charge on any atom is -0.497 e. The van der Waals surface area contributed by atoms with Crippen LogP contribution in [0.1, 0.15) is 19.3 Å². The summed E-state index contributed by atoms with van der Waals surface area (Å²) in [5.74, 6) is 1.74. The van der Waals surface area contributed by atoms with Crippen LogP contribution in [0.4, 0.5) is 0 Å². The van der Waals surface area contributed by atoms with Crippen molar-refractivity contribution in [1.82, 2.24) is 5.32 Å². The molecule has 1 aromatic rings. The Bertz CT molecular complexity index is 400. The van der Waals surface area contributed by atoms with E-state index < -0.39 is 0 Å². The highest BCUT2D eigenvalue weighted by atomic mass is 16.5. The number of rotatable bonds is 6. The van der Waals surface area contributed by atoms with Gasteiger partial charge in [-0.1, -0.05) is 6.07 Å². The number of benzene rings is 1. The largest absolute Gasteiger partial charge is 0.497 e. The van der Waals surface area contributed by atoms with Crippen LogP contribution in [-0.2, 0) is 4.79 Å². The Balaban J connectivity index is 1.75. The molecule has 1 atom stereocenters. The van der Waals surface area contributed by atoms with Gasteiger partial charge in [-0.25, -0.2) is 0 Å². The molecule has 4 heteroatoms. The lowest BCUT2D eigenvalue weighted by Crippen LogP contribution is -2.31. The van der Waals surface area contributed by atoms with E-state index in [0.29, 0.717) is 13.0 Å². The van der Waals surface area contributed by atoms with Crippen LogP contribution in [0, 0.1) is 0 Å². The second-order valence-corrected chi connectivity index (χ2v) is 4.39. The van der Waals surface area contributed by atoms with Crippen molar-refractivity contribution in [3.8, 4) is 11.5 Å². The van der Waals surface area contributed by atoms with Crippen LogP contribution in [0.25, 0.3) is 0 Å². The van der Waals surface area contributed by atoms with Gasteiger partial charge in [0.05, 0.1) is 19.8 Å². The van der Waals surface area contributed by atoms with Crippen LogP contribution in [-0.4, -0.2) is 32.1 Å². The standard InChI is InChI=1S/C14H19NO3/c1-17-11-4-2-5-12(10-11)18-9-7-14(16)13-6-3-8-15-13/h2,4-5,10,13,15H,3,6-9H2,1H3. The summed E-state index contributed by atoms with van der Waals surface area (Å²) >= 11 is 0. The summed E-state index contributed by atoms with van der Waals surface area (Å²) in [5, 5.41) is 3.20. The van der Waals surface area contributed by atoms with Gasteiger partial charge in [0, 0.05) is 12.5 Å². The molecule has 18 heavy (non-hydrogen) atoms. The van der Waals surface area contributed by atoms with Crippen molar-refractivity contribution in [2.24, 2.45) is 0 Å². The second-order valence-electron chi connectivity index (χ2n) is 4.39. The summed E-state index contributed by atoms with van der Waals surface area (Å²) in [7, 11) is 1.62. The number of carbonyl (C=O) groups excluding carboxylic acids is 1. The van der Waals surface area contributed by atoms with E-state index in [1.807, 2.05) is 24.3 Å². The SMILES string of the molecule is COc1cccc(OCCC(=O)C2CCCN2)c1. The third-order valence-electron chi connectivity index (χ3n) is 3.11. The van der Waals surface area contributed by atoms with Crippen LogP contribution in [0.2, 0.25) is 0 Å². The predicted octanol–water partition coefficient (Wildman–Crippen LogP) is 1.79. The normalized spacial score (nSPS) is 18.6. The zero-order chi connectivity index (χ0) is 12.8. The Morgan fingerprint density at radius 1 is 1.44 bits per heavy atom. The minimum atomic E-state index is 0.0407. The number of ether oxygens (including phenoxy) is 2. The topological polar surface area (TPSA) is 47.6 Å². The number of ketones is 1.